The standard InChI is InChI=1S/C25H32N2O2/c1-3-20-11-7-13-22-23(18(2)28)17-26(25(20)22)16-21-12-8-14-27(21)24(29)15-19-9-5-4-6-10-19/h3,7,11,13,17,19,21H,1,4-6,8-10,12,14-16H2,2H3/t21-/m0/s1. The van der Waals surface area contributed by atoms with E-state index in [1.165, 1.54) is 32.1 Å². The van der Waals surface area contributed by atoms with Crippen molar-refractivity contribution in [1.29, 1.82) is 0 Å². The quantitative estimate of drug-likeness (QED) is 0.614. The van der Waals surface area contributed by atoms with Crippen LogP contribution >= 0.6 is 0 Å². The first-order valence-electron chi connectivity index (χ1n) is 11.1. The predicted molar refractivity (Wildman–Crippen MR) is 118 cm³/mol. The lowest BCUT2D eigenvalue weighted by Crippen LogP contribution is -2.39. The van der Waals surface area contributed by atoms with Crippen molar-refractivity contribution in [2.24, 2.45) is 5.92 Å². The highest BCUT2D eigenvalue weighted by Gasteiger charge is 2.31. The number of amides is 1. The molecular weight excluding hydrogens is 360 g/mol. The summed E-state index contributed by atoms with van der Waals surface area (Å²) >= 11 is 0. The summed E-state index contributed by atoms with van der Waals surface area (Å²) in [5, 5.41) is 0.980. The highest BCUT2D eigenvalue weighted by atomic mass is 16.2. The second-order valence-electron chi connectivity index (χ2n) is 8.79. The van der Waals surface area contributed by atoms with Crippen molar-refractivity contribution in [3.63, 3.8) is 0 Å². The van der Waals surface area contributed by atoms with Crippen LogP contribution in [-0.4, -0.2) is 33.7 Å². The van der Waals surface area contributed by atoms with Crippen molar-refractivity contribution < 1.29 is 9.59 Å². The van der Waals surface area contributed by atoms with Crippen molar-refractivity contribution in [2.75, 3.05) is 6.54 Å². The lowest BCUT2D eigenvalue weighted by molar-refractivity contribution is -0.133. The molecule has 1 atom stereocenters. The summed E-state index contributed by atoms with van der Waals surface area (Å²) in [4.78, 5) is 27.4. The first-order valence-corrected chi connectivity index (χ1v) is 11.1. The van der Waals surface area contributed by atoms with Crippen LogP contribution in [0.3, 0.4) is 0 Å². The van der Waals surface area contributed by atoms with Gasteiger partial charge in [0.1, 0.15) is 0 Å². The molecule has 1 aliphatic carbocycles. The number of hydrogen-bond acceptors (Lipinski definition) is 2. The molecule has 1 aromatic carbocycles. The Hall–Kier alpha value is -2.36. The van der Waals surface area contributed by atoms with Gasteiger partial charge in [0, 0.05) is 42.7 Å². The number of ketones is 1. The van der Waals surface area contributed by atoms with E-state index in [0.29, 0.717) is 18.2 Å². The van der Waals surface area contributed by atoms with Crippen LogP contribution in [0.5, 0.6) is 0 Å². The smallest absolute Gasteiger partial charge is 0.223 e. The molecule has 1 saturated carbocycles. The van der Waals surface area contributed by atoms with Crippen LogP contribution in [-0.2, 0) is 11.3 Å². The molecule has 154 valence electrons. The van der Waals surface area contributed by atoms with Crippen molar-refractivity contribution in [3.05, 3.63) is 42.1 Å². The zero-order valence-electron chi connectivity index (χ0n) is 17.5. The van der Waals surface area contributed by atoms with Crippen molar-refractivity contribution in [2.45, 2.75) is 70.9 Å². The number of Topliss-reactive ketones (excluding diaryl/α,β-unsaturated/α-hetero) is 1. The largest absolute Gasteiger partial charge is 0.344 e. The van der Waals surface area contributed by atoms with E-state index in [0.717, 1.165) is 48.0 Å². The van der Waals surface area contributed by atoms with Crippen molar-refractivity contribution >= 4 is 28.7 Å². The number of fused-ring (bicyclic) bond motifs is 1. The van der Waals surface area contributed by atoms with Crippen molar-refractivity contribution in [1.82, 2.24) is 9.47 Å². The molecule has 4 heteroatoms. The molecule has 1 saturated heterocycles. The fraction of sp³-hybridized carbons (Fsp3) is 0.520. The summed E-state index contributed by atoms with van der Waals surface area (Å²) in [6.07, 6.45) is 12.9. The van der Waals surface area contributed by atoms with Crippen LogP contribution in [0, 0.1) is 5.92 Å². The number of benzene rings is 1. The van der Waals surface area contributed by atoms with Gasteiger partial charge in [-0.1, -0.05) is 50.1 Å². The number of para-hydroxylation sites is 1. The Morgan fingerprint density at radius 3 is 2.66 bits per heavy atom. The molecule has 0 spiro atoms. The molecule has 1 aliphatic heterocycles. The molecular formula is C25H32N2O2. The number of nitrogens with zero attached hydrogens (tertiary/aromatic N) is 2. The Bertz CT molecular complexity index is 920. The van der Waals surface area contributed by atoms with Crippen molar-refractivity contribution in [3.8, 4) is 0 Å². The maximum Gasteiger partial charge on any atom is 0.223 e. The number of likely N-dealkylation sites (tertiary alicyclic amines) is 1. The fourth-order valence-electron chi connectivity index (χ4n) is 5.31. The Morgan fingerprint density at radius 2 is 1.93 bits per heavy atom. The van der Waals surface area contributed by atoms with E-state index in [-0.39, 0.29) is 11.8 Å². The second-order valence-corrected chi connectivity index (χ2v) is 8.79. The maximum absolute atomic E-state index is 13.1. The van der Waals surface area contributed by atoms with E-state index in [1.54, 1.807) is 6.92 Å². The van der Waals surface area contributed by atoms with Gasteiger partial charge in [0.05, 0.1) is 5.52 Å². The van der Waals surface area contributed by atoms with Gasteiger partial charge >= 0.3 is 0 Å². The molecule has 1 amide bonds. The molecule has 2 aliphatic rings. The lowest BCUT2D eigenvalue weighted by Gasteiger charge is -2.29. The van der Waals surface area contributed by atoms with Gasteiger partial charge in [0.2, 0.25) is 5.91 Å². The molecule has 2 aromatic rings. The van der Waals surface area contributed by atoms with Gasteiger partial charge < -0.3 is 9.47 Å². The number of aromatic nitrogens is 1. The SMILES string of the molecule is C=Cc1cccc2c(C(C)=O)cn(C[C@@H]3CCCN3C(=O)CC3CCCCC3)c12. The summed E-state index contributed by atoms with van der Waals surface area (Å²) < 4.78 is 2.18. The lowest BCUT2D eigenvalue weighted by atomic mass is 9.86. The van der Waals surface area contributed by atoms with Gasteiger partial charge in [-0.3, -0.25) is 9.59 Å². The average Bonchev–Trinajstić information content (AvgIpc) is 3.34. The van der Waals surface area contributed by atoms with E-state index in [9.17, 15) is 9.59 Å². The zero-order chi connectivity index (χ0) is 20.4. The maximum atomic E-state index is 13.1. The Labute approximate surface area is 173 Å². The van der Waals surface area contributed by atoms with Gasteiger partial charge in [-0.2, -0.15) is 0 Å². The minimum Gasteiger partial charge on any atom is -0.344 e. The van der Waals surface area contributed by atoms with Crippen LogP contribution in [0.4, 0.5) is 0 Å². The van der Waals surface area contributed by atoms with Gasteiger partial charge in [0.15, 0.2) is 5.78 Å². The molecule has 0 radical (unpaired) electrons. The van der Waals surface area contributed by atoms with E-state index < -0.39 is 0 Å². The first-order chi connectivity index (χ1) is 14.1. The minimum atomic E-state index is 0.0756. The molecule has 4 nitrogen and oxygen atoms in total. The summed E-state index contributed by atoms with van der Waals surface area (Å²) in [7, 11) is 0. The van der Waals surface area contributed by atoms with Crippen LogP contribution in [0.15, 0.2) is 31.0 Å². The van der Waals surface area contributed by atoms with Crippen LogP contribution in [0.2, 0.25) is 0 Å². The second kappa shape index (κ2) is 8.56. The normalized spacial score (nSPS) is 20.3. The van der Waals surface area contributed by atoms with E-state index in [2.05, 4.69) is 16.0 Å². The summed E-state index contributed by atoms with van der Waals surface area (Å²) in [6, 6.07) is 6.23. The first kappa shape index (κ1) is 19.9. The third-order valence-electron chi connectivity index (χ3n) is 6.82. The zero-order valence-corrected chi connectivity index (χ0v) is 17.5. The summed E-state index contributed by atoms with van der Waals surface area (Å²) in [5.41, 5.74) is 2.84. The third kappa shape index (κ3) is 4.03. The number of hydrogen-bond donors (Lipinski definition) is 0. The predicted octanol–water partition coefficient (Wildman–Crippen LogP) is 5.45. The van der Waals surface area contributed by atoms with Gasteiger partial charge in [-0.05, 0) is 44.1 Å². The minimum absolute atomic E-state index is 0.0756. The topological polar surface area (TPSA) is 42.3 Å². The summed E-state index contributed by atoms with van der Waals surface area (Å²) in [5.74, 6) is 0.972. The molecule has 1 aromatic heterocycles. The molecule has 2 heterocycles. The number of carbonyl (C=O) groups is 2. The molecule has 0 unspecified atom stereocenters. The highest BCUT2D eigenvalue weighted by Crippen LogP contribution is 2.31. The summed E-state index contributed by atoms with van der Waals surface area (Å²) in [6.45, 7) is 7.18. The van der Waals surface area contributed by atoms with Gasteiger partial charge in [-0.25, -0.2) is 0 Å². The van der Waals surface area contributed by atoms with E-state index >= 15 is 0 Å². The molecule has 0 N–H and O–H groups in total. The highest BCUT2D eigenvalue weighted by molar-refractivity contribution is 6.08. The monoisotopic (exact) mass is 392 g/mol. The number of rotatable bonds is 6. The third-order valence-corrected chi connectivity index (χ3v) is 6.82. The van der Waals surface area contributed by atoms with Crippen LogP contribution < -0.4 is 0 Å². The Balaban J connectivity index is 1.57. The molecule has 4 rings (SSSR count). The van der Waals surface area contributed by atoms with E-state index in [1.807, 2.05) is 30.5 Å². The van der Waals surface area contributed by atoms with Gasteiger partial charge in [0.25, 0.3) is 0 Å². The molecule has 0 bridgehead atoms. The van der Waals surface area contributed by atoms with Gasteiger partial charge in [-0.15, -0.1) is 0 Å². The fourth-order valence-corrected chi connectivity index (χ4v) is 5.31. The average molecular weight is 393 g/mol. The number of carbonyl (C=O) groups excluding carboxylic acids is 2. The molecule has 29 heavy (non-hydrogen) atoms. The van der Waals surface area contributed by atoms with Crippen LogP contribution in [0.1, 0.15) is 74.2 Å². The van der Waals surface area contributed by atoms with Crippen LogP contribution in [0.25, 0.3) is 17.0 Å². The Morgan fingerprint density at radius 1 is 1.14 bits per heavy atom. The molecule has 2 fully saturated rings. The Kier molecular flexibility index (Phi) is 5.89. The van der Waals surface area contributed by atoms with E-state index in [4.69, 9.17) is 0 Å².